The summed E-state index contributed by atoms with van der Waals surface area (Å²) in [7, 11) is 1.88. The molecule has 0 aliphatic rings. The second-order valence-electron chi connectivity index (χ2n) is 2.81. The van der Waals surface area contributed by atoms with Crippen molar-refractivity contribution in [1.29, 1.82) is 0 Å². The van der Waals surface area contributed by atoms with Crippen LogP contribution in [0, 0.1) is 0 Å². The van der Waals surface area contributed by atoms with Crippen LogP contribution in [0.3, 0.4) is 0 Å². The number of imidazole rings is 1. The molecule has 0 amide bonds. The summed E-state index contributed by atoms with van der Waals surface area (Å²) >= 11 is 0. The van der Waals surface area contributed by atoms with Gasteiger partial charge in [-0.3, -0.25) is 0 Å². The van der Waals surface area contributed by atoms with Crippen LogP contribution in [-0.2, 0) is 0 Å². The lowest BCUT2D eigenvalue weighted by atomic mass is 10.3. The largest absolute Gasteiger partial charge is 0.343 e. The number of fused-ring (bicyclic) bond motifs is 1. The minimum absolute atomic E-state index is 0.708. The Morgan fingerprint density at radius 2 is 2.23 bits per heavy atom. The molecule has 4 nitrogen and oxygen atoms in total. The Hall–Kier alpha value is -1.55. The molecule has 2 aromatic rings. The van der Waals surface area contributed by atoms with E-state index in [1.165, 1.54) is 0 Å². The van der Waals surface area contributed by atoms with E-state index >= 15 is 0 Å². The topological polar surface area (TPSA) is 52.7 Å². The first kappa shape index (κ1) is 8.07. The van der Waals surface area contributed by atoms with E-state index in [0.717, 1.165) is 17.0 Å². The van der Waals surface area contributed by atoms with Crippen LogP contribution in [0.15, 0.2) is 24.3 Å². The minimum Gasteiger partial charge on any atom is -0.343 e. The van der Waals surface area contributed by atoms with Crippen LogP contribution < -0.4 is 10.6 Å². The van der Waals surface area contributed by atoms with Gasteiger partial charge >= 0.3 is 0 Å². The smallest absolute Gasteiger partial charge is 0.202 e. The lowest BCUT2D eigenvalue weighted by Gasteiger charge is -1.98. The molecule has 1 aromatic heterocycles. The number of nitrogens with one attached hydrogen (secondary N) is 3. The number of hydrogen-bond acceptors (Lipinski definition) is 3. The summed E-state index contributed by atoms with van der Waals surface area (Å²) in [4.78, 5) is 7.51. The molecule has 0 spiro atoms. The van der Waals surface area contributed by atoms with E-state index in [2.05, 4.69) is 20.6 Å². The Morgan fingerprint density at radius 3 is 3.00 bits per heavy atom. The number of aromatic nitrogens is 2. The fourth-order valence-corrected chi connectivity index (χ4v) is 1.21. The molecule has 2 rings (SSSR count). The zero-order valence-corrected chi connectivity index (χ0v) is 7.46. The molecule has 68 valence electrons. The van der Waals surface area contributed by atoms with E-state index in [1.807, 2.05) is 31.3 Å². The molecule has 0 bridgehead atoms. The fourth-order valence-electron chi connectivity index (χ4n) is 1.21. The molecular formula is C9H12N4. The van der Waals surface area contributed by atoms with E-state index in [0.29, 0.717) is 6.67 Å². The number of nitrogens with zero attached hydrogens (tertiary/aromatic N) is 1. The molecule has 3 N–H and O–H groups in total. The van der Waals surface area contributed by atoms with Gasteiger partial charge in [-0.25, -0.2) is 4.98 Å². The van der Waals surface area contributed by atoms with E-state index in [1.54, 1.807) is 0 Å². The van der Waals surface area contributed by atoms with Crippen LogP contribution in [0.1, 0.15) is 0 Å². The molecule has 0 saturated carbocycles. The average Bonchev–Trinajstić information content (AvgIpc) is 2.57. The molecule has 4 heteroatoms. The number of anilines is 1. The number of para-hydroxylation sites is 2. The molecule has 0 aliphatic heterocycles. The summed E-state index contributed by atoms with van der Waals surface area (Å²) in [5.74, 6) is 0.801. The maximum Gasteiger partial charge on any atom is 0.202 e. The van der Waals surface area contributed by atoms with Gasteiger partial charge in [0.15, 0.2) is 0 Å². The van der Waals surface area contributed by atoms with Crippen molar-refractivity contribution in [2.75, 3.05) is 19.0 Å². The van der Waals surface area contributed by atoms with Crippen LogP contribution in [0.4, 0.5) is 5.95 Å². The minimum atomic E-state index is 0.708. The van der Waals surface area contributed by atoms with Crippen molar-refractivity contribution in [2.24, 2.45) is 0 Å². The van der Waals surface area contributed by atoms with E-state index < -0.39 is 0 Å². The van der Waals surface area contributed by atoms with Crippen molar-refractivity contribution in [3.8, 4) is 0 Å². The highest BCUT2D eigenvalue weighted by Gasteiger charge is 1.98. The molecule has 13 heavy (non-hydrogen) atoms. The highest BCUT2D eigenvalue weighted by atomic mass is 15.2. The first-order chi connectivity index (χ1) is 6.40. The lowest BCUT2D eigenvalue weighted by molar-refractivity contribution is 0.865. The monoisotopic (exact) mass is 176 g/mol. The predicted molar refractivity (Wildman–Crippen MR) is 53.6 cm³/mol. The first-order valence-electron chi connectivity index (χ1n) is 4.23. The third kappa shape index (κ3) is 1.62. The highest BCUT2D eigenvalue weighted by Crippen LogP contribution is 2.12. The quantitative estimate of drug-likeness (QED) is 0.615. The number of benzene rings is 1. The SMILES string of the molecule is CNCNc1nc2ccccc2[nH]1. The van der Waals surface area contributed by atoms with Crippen molar-refractivity contribution in [2.45, 2.75) is 0 Å². The van der Waals surface area contributed by atoms with E-state index in [4.69, 9.17) is 0 Å². The Kier molecular flexibility index (Phi) is 2.14. The van der Waals surface area contributed by atoms with Gasteiger partial charge in [-0.05, 0) is 19.2 Å². The maximum atomic E-state index is 4.34. The summed E-state index contributed by atoms with van der Waals surface area (Å²) < 4.78 is 0. The van der Waals surface area contributed by atoms with Gasteiger partial charge in [0.2, 0.25) is 5.95 Å². The molecule has 0 fully saturated rings. The molecule has 1 aromatic carbocycles. The Bertz CT molecular complexity index is 360. The summed E-state index contributed by atoms with van der Waals surface area (Å²) in [6.07, 6.45) is 0. The van der Waals surface area contributed by atoms with Crippen LogP contribution >= 0.6 is 0 Å². The van der Waals surface area contributed by atoms with Gasteiger partial charge in [-0.15, -0.1) is 0 Å². The lowest BCUT2D eigenvalue weighted by Crippen LogP contribution is -2.17. The van der Waals surface area contributed by atoms with E-state index in [9.17, 15) is 0 Å². The number of hydrogen-bond donors (Lipinski definition) is 3. The second-order valence-corrected chi connectivity index (χ2v) is 2.81. The summed E-state index contributed by atoms with van der Waals surface area (Å²) in [6.45, 7) is 0.708. The third-order valence-corrected chi connectivity index (χ3v) is 1.82. The summed E-state index contributed by atoms with van der Waals surface area (Å²) in [6, 6.07) is 7.96. The van der Waals surface area contributed by atoms with Crippen molar-refractivity contribution in [3.05, 3.63) is 24.3 Å². The zero-order valence-electron chi connectivity index (χ0n) is 7.46. The summed E-state index contributed by atoms with van der Waals surface area (Å²) in [5, 5.41) is 6.10. The molecule has 0 aliphatic carbocycles. The van der Waals surface area contributed by atoms with Gasteiger partial charge in [0.05, 0.1) is 17.7 Å². The van der Waals surface area contributed by atoms with Gasteiger partial charge in [0.1, 0.15) is 0 Å². The number of aromatic amines is 1. The van der Waals surface area contributed by atoms with Gasteiger partial charge in [0.25, 0.3) is 0 Å². The van der Waals surface area contributed by atoms with Gasteiger partial charge in [-0.2, -0.15) is 0 Å². The van der Waals surface area contributed by atoms with Gasteiger partial charge < -0.3 is 15.6 Å². The highest BCUT2D eigenvalue weighted by molar-refractivity contribution is 5.77. The molecule has 0 unspecified atom stereocenters. The Balaban J connectivity index is 2.28. The van der Waals surface area contributed by atoms with Crippen LogP contribution in [0.25, 0.3) is 11.0 Å². The third-order valence-electron chi connectivity index (χ3n) is 1.82. The second kappa shape index (κ2) is 3.45. The average molecular weight is 176 g/mol. The molecule has 0 saturated heterocycles. The van der Waals surface area contributed by atoms with E-state index in [-0.39, 0.29) is 0 Å². The van der Waals surface area contributed by atoms with Crippen molar-refractivity contribution < 1.29 is 0 Å². The van der Waals surface area contributed by atoms with Crippen molar-refractivity contribution in [1.82, 2.24) is 15.3 Å². The number of H-pyrrole nitrogens is 1. The van der Waals surface area contributed by atoms with Crippen LogP contribution in [0.2, 0.25) is 0 Å². The molecular weight excluding hydrogens is 164 g/mol. The molecule has 1 heterocycles. The van der Waals surface area contributed by atoms with Crippen LogP contribution in [-0.4, -0.2) is 23.7 Å². The normalized spacial score (nSPS) is 10.5. The summed E-state index contributed by atoms with van der Waals surface area (Å²) in [5.41, 5.74) is 2.04. The molecule has 0 radical (unpaired) electrons. The standard InChI is InChI=1S/C9H12N4/c1-10-6-11-9-12-7-4-2-3-5-8(7)13-9/h2-5,10H,6H2,1H3,(H2,11,12,13). The van der Waals surface area contributed by atoms with Crippen LogP contribution in [0.5, 0.6) is 0 Å². The number of rotatable bonds is 3. The Labute approximate surface area is 76.4 Å². The fraction of sp³-hybridized carbons (Fsp3) is 0.222. The Morgan fingerprint density at radius 1 is 1.38 bits per heavy atom. The predicted octanol–water partition coefficient (Wildman–Crippen LogP) is 1.15. The molecule has 0 atom stereocenters. The maximum absolute atomic E-state index is 4.34. The zero-order chi connectivity index (χ0) is 9.10. The van der Waals surface area contributed by atoms with Gasteiger partial charge in [0, 0.05) is 0 Å². The first-order valence-corrected chi connectivity index (χ1v) is 4.23. The van der Waals surface area contributed by atoms with Gasteiger partial charge in [-0.1, -0.05) is 12.1 Å². The van der Waals surface area contributed by atoms with Crippen molar-refractivity contribution >= 4 is 17.0 Å². The van der Waals surface area contributed by atoms with Crippen molar-refractivity contribution in [3.63, 3.8) is 0 Å².